The number of rotatable bonds is 6. The Balaban J connectivity index is 1.64. The van der Waals surface area contributed by atoms with Crippen LogP contribution in [0.3, 0.4) is 0 Å². The summed E-state index contributed by atoms with van der Waals surface area (Å²) in [6.07, 6.45) is 0.792. The van der Waals surface area contributed by atoms with Gasteiger partial charge in [0.25, 0.3) is 5.91 Å². The first-order valence-electron chi connectivity index (χ1n) is 9.66. The average molecular weight is 452 g/mol. The lowest BCUT2D eigenvalue weighted by atomic mass is 10.1. The first-order valence-corrected chi connectivity index (χ1v) is 11.9. The van der Waals surface area contributed by atoms with Crippen molar-refractivity contribution in [3.8, 4) is 0 Å². The van der Waals surface area contributed by atoms with Gasteiger partial charge in [-0.25, -0.2) is 8.42 Å². The summed E-state index contributed by atoms with van der Waals surface area (Å²) in [6.45, 7) is 6.88. The summed E-state index contributed by atoms with van der Waals surface area (Å²) in [5.74, 6) is 0.0110. The van der Waals surface area contributed by atoms with Crippen LogP contribution < -0.4 is 5.32 Å². The summed E-state index contributed by atoms with van der Waals surface area (Å²) in [5.41, 5.74) is 0.330. The van der Waals surface area contributed by atoms with Gasteiger partial charge in [0.15, 0.2) is 0 Å². The molecule has 0 unspecified atom stereocenters. The standard InChI is InChI=1S/C19H25N5O4S2/c1-13(2)12-17-21-22-19(29-17)20-18(26)15-4-6-16(7-5-15)30(27,28)24-10-8-23(9-11-24)14(3)25/h4-7,13H,8-12H2,1-3H3,(H,20,22,26). The minimum absolute atomic E-state index is 0.0610. The Morgan fingerprint density at radius 2 is 1.73 bits per heavy atom. The van der Waals surface area contributed by atoms with Gasteiger partial charge in [0.2, 0.25) is 21.1 Å². The number of nitrogens with zero attached hydrogens (tertiary/aromatic N) is 4. The summed E-state index contributed by atoms with van der Waals surface area (Å²) < 4.78 is 27.0. The molecule has 1 saturated heterocycles. The zero-order chi connectivity index (χ0) is 21.9. The molecule has 11 heteroatoms. The lowest BCUT2D eigenvalue weighted by Gasteiger charge is -2.33. The van der Waals surface area contributed by atoms with E-state index in [-0.39, 0.29) is 29.8 Å². The van der Waals surface area contributed by atoms with Crippen LogP contribution in [-0.2, 0) is 21.2 Å². The molecule has 1 aliphatic heterocycles. The van der Waals surface area contributed by atoms with Crippen LogP contribution in [0, 0.1) is 5.92 Å². The Bertz CT molecular complexity index is 1010. The van der Waals surface area contributed by atoms with E-state index in [1.165, 1.54) is 46.8 Å². The maximum atomic E-state index is 12.8. The summed E-state index contributed by atoms with van der Waals surface area (Å²) in [7, 11) is -3.68. The maximum absolute atomic E-state index is 12.8. The highest BCUT2D eigenvalue weighted by atomic mass is 32.2. The third kappa shape index (κ3) is 5.21. The van der Waals surface area contributed by atoms with E-state index in [9.17, 15) is 18.0 Å². The van der Waals surface area contributed by atoms with Crippen LogP contribution in [0.1, 0.15) is 36.1 Å². The number of carbonyl (C=O) groups excluding carboxylic acids is 2. The van der Waals surface area contributed by atoms with Crippen molar-refractivity contribution in [1.29, 1.82) is 0 Å². The molecule has 3 rings (SSSR count). The fraction of sp³-hybridized carbons (Fsp3) is 0.474. The van der Waals surface area contributed by atoms with Crippen molar-refractivity contribution < 1.29 is 18.0 Å². The number of piperazine rings is 1. The highest BCUT2D eigenvalue weighted by Crippen LogP contribution is 2.21. The molecule has 1 aliphatic rings. The van der Waals surface area contributed by atoms with Crippen LogP contribution in [-0.4, -0.2) is 65.8 Å². The zero-order valence-electron chi connectivity index (χ0n) is 17.2. The van der Waals surface area contributed by atoms with Crippen molar-refractivity contribution >= 4 is 38.3 Å². The van der Waals surface area contributed by atoms with Gasteiger partial charge >= 0.3 is 0 Å². The molecule has 0 saturated carbocycles. The van der Waals surface area contributed by atoms with Crippen molar-refractivity contribution in [2.24, 2.45) is 5.92 Å². The van der Waals surface area contributed by atoms with Gasteiger partial charge in [-0.2, -0.15) is 4.31 Å². The average Bonchev–Trinajstić information content (AvgIpc) is 3.14. The highest BCUT2D eigenvalue weighted by molar-refractivity contribution is 7.89. The van der Waals surface area contributed by atoms with E-state index in [2.05, 4.69) is 29.4 Å². The number of aromatic nitrogens is 2. The molecule has 1 N–H and O–H groups in total. The first-order chi connectivity index (χ1) is 14.2. The van der Waals surface area contributed by atoms with Crippen molar-refractivity contribution in [1.82, 2.24) is 19.4 Å². The number of benzene rings is 1. The summed E-state index contributed by atoms with van der Waals surface area (Å²) in [5, 5.41) is 12.0. The lowest BCUT2D eigenvalue weighted by Crippen LogP contribution is -2.49. The van der Waals surface area contributed by atoms with Gasteiger partial charge in [0, 0.05) is 45.1 Å². The Kier molecular flexibility index (Phi) is 6.84. The van der Waals surface area contributed by atoms with Crippen LogP contribution in [0.5, 0.6) is 0 Å². The summed E-state index contributed by atoms with van der Waals surface area (Å²) >= 11 is 1.33. The van der Waals surface area contributed by atoms with Crippen molar-refractivity contribution in [2.45, 2.75) is 32.1 Å². The molecule has 0 spiro atoms. The number of carbonyl (C=O) groups is 2. The van der Waals surface area contributed by atoms with Crippen LogP contribution >= 0.6 is 11.3 Å². The van der Waals surface area contributed by atoms with Crippen LogP contribution in [0.4, 0.5) is 5.13 Å². The maximum Gasteiger partial charge on any atom is 0.257 e. The second-order valence-electron chi connectivity index (χ2n) is 7.49. The van der Waals surface area contributed by atoms with Gasteiger partial charge in [-0.3, -0.25) is 14.9 Å². The minimum atomic E-state index is -3.68. The molecule has 1 aromatic heterocycles. The molecular formula is C19H25N5O4S2. The number of hydrogen-bond donors (Lipinski definition) is 1. The SMILES string of the molecule is CC(=O)N1CCN(S(=O)(=O)c2ccc(C(=O)Nc3nnc(CC(C)C)s3)cc2)CC1. The van der Waals surface area contributed by atoms with Crippen LogP contribution in [0.2, 0.25) is 0 Å². The smallest absolute Gasteiger partial charge is 0.257 e. The van der Waals surface area contributed by atoms with Crippen molar-refractivity contribution in [2.75, 3.05) is 31.5 Å². The molecule has 0 atom stereocenters. The predicted molar refractivity (Wildman–Crippen MR) is 114 cm³/mol. The molecule has 0 radical (unpaired) electrons. The van der Waals surface area contributed by atoms with E-state index in [4.69, 9.17) is 0 Å². The van der Waals surface area contributed by atoms with Crippen LogP contribution in [0.25, 0.3) is 0 Å². The summed E-state index contributed by atoms with van der Waals surface area (Å²) in [6, 6.07) is 5.80. The normalized spacial score (nSPS) is 15.4. The van der Waals surface area contributed by atoms with E-state index < -0.39 is 10.0 Å². The largest absolute Gasteiger partial charge is 0.340 e. The van der Waals surface area contributed by atoms with Crippen molar-refractivity contribution in [3.05, 3.63) is 34.8 Å². The number of hydrogen-bond acceptors (Lipinski definition) is 7. The number of nitrogens with one attached hydrogen (secondary N) is 1. The summed E-state index contributed by atoms with van der Waals surface area (Å²) in [4.78, 5) is 25.6. The number of sulfonamides is 1. The molecule has 1 fully saturated rings. The fourth-order valence-electron chi connectivity index (χ4n) is 3.08. The van der Waals surface area contributed by atoms with Crippen LogP contribution in [0.15, 0.2) is 29.2 Å². The second kappa shape index (κ2) is 9.19. The molecule has 9 nitrogen and oxygen atoms in total. The van der Waals surface area contributed by atoms with E-state index >= 15 is 0 Å². The fourth-order valence-corrected chi connectivity index (χ4v) is 5.44. The van der Waals surface area contributed by atoms with E-state index in [0.29, 0.717) is 29.7 Å². The quantitative estimate of drug-likeness (QED) is 0.717. The van der Waals surface area contributed by atoms with E-state index in [0.717, 1.165) is 11.4 Å². The third-order valence-electron chi connectivity index (χ3n) is 4.71. The Morgan fingerprint density at radius 3 is 2.30 bits per heavy atom. The molecule has 2 amide bonds. The molecule has 162 valence electrons. The number of anilines is 1. The van der Waals surface area contributed by atoms with Gasteiger partial charge < -0.3 is 4.90 Å². The first kappa shape index (κ1) is 22.3. The number of amides is 2. The topological polar surface area (TPSA) is 113 Å². The molecule has 0 bridgehead atoms. The zero-order valence-corrected chi connectivity index (χ0v) is 18.8. The Hall–Kier alpha value is -2.37. The van der Waals surface area contributed by atoms with Gasteiger partial charge in [-0.15, -0.1) is 10.2 Å². The Morgan fingerprint density at radius 1 is 1.10 bits per heavy atom. The van der Waals surface area contributed by atoms with Gasteiger partial charge in [0.1, 0.15) is 5.01 Å². The lowest BCUT2D eigenvalue weighted by molar-refractivity contribution is -0.129. The monoisotopic (exact) mass is 451 g/mol. The van der Waals surface area contributed by atoms with Gasteiger partial charge in [-0.1, -0.05) is 25.2 Å². The predicted octanol–water partition coefficient (Wildman–Crippen LogP) is 1.84. The molecule has 2 aromatic rings. The van der Waals surface area contributed by atoms with E-state index in [1.54, 1.807) is 4.90 Å². The minimum Gasteiger partial charge on any atom is -0.340 e. The molecule has 30 heavy (non-hydrogen) atoms. The van der Waals surface area contributed by atoms with Gasteiger partial charge in [0.05, 0.1) is 4.90 Å². The molecule has 1 aromatic carbocycles. The van der Waals surface area contributed by atoms with E-state index in [1.807, 2.05) is 0 Å². The van der Waals surface area contributed by atoms with Gasteiger partial charge in [-0.05, 0) is 30.2 Å². The second-order valence-corrected chi connectivity index (χ2v) is 10.5. The third-order valence-corrected chi connectivity index (χ3v) is 7.48. The molecular weight excluding hydrogens is 426 g/mol. The molecule has 0 aliphatic carbocycles. The molecule has 2 heterocycles. The highest BCUT2D eigenvalue weighted by Gasteiger charge is 2.29. The Labute approximate surface area is 180 Å². The van der Waals surface area contributed by atoms with Crippen molar-refractivity contribution in [3.63, 3.8) is 0 Å².